The van der Waals surface area contributed by atoms with E-state index >= 15 is 0 Å². The molecule has 1 atom stereocenters. The minimum atomic E-state index is -0.803. The van der Waals surface area contributed by atoms with Crippen LogP contribution in [0.3, 0.4) is 0 Å². The van der Waals surface area contributed by atoms with Crippen LogP contribution in [0.5, 0.6) is 0 Å². The van der Waals surface area contributed by atoms with Gasteiger partial charge in [0.2, 0.25) is 5.78 Å². The molecule has 6 nitrogen and oxygen atoms in total. The summed E-state index contributed by atoms with van der Waals surface area (Å²) in [7, 11) is 0. The van der Waals surface area contributed by atoms with Crippen molar-refractivity contribution in [1.82, 2.24) is 9.88 Å². The number of carbonyl (C=O) groups is 2. The number of thiophene rings is 1. The SMILES string of the molecule is Cc1ccc(C2C(C(=O)c3cccs3)=C(O)C(=O)N2Cc2ccccn2)o1. The maximum Gasteiger partial charge on any atom is 0.290 e. The van der Waals surface area contributed by atoms with Crippen molar-refractivity contribution in [2.24, 2.45) is 0 Å². The summed E-state index contributed by atoms with van der Waals surface area (Å²) < 4.78 is 5.72. The van der Waals surface area contributed by atoms with Gasteiger partial charge in [-0.05, 0) is 42.6 Å². The first-order valence-electron chi connectivity index (χ1n) is 8.35. The van der Waals surface area contributed by atoms with Gasteiger partial charge in [-0.25, -0.2) is 0 Å². The highest BCUT2D eigenvalue weighted by molar-refractivity contribution is 7.12. The molecule has 0 bridgehead atoms. The van der Waals surface area contributed by atoms with Gasteiger partial charge < -0.3 is 14.4 Å². The van der Waals surface area contributed by atoms with Crippen LogP contribution in [0.4, 0.5) is 0 Å². The van der Waals surface area contributed by atoms with Crippen LogP contribution in [-0.2, 0) is 11.3 Å². The molecule has 4 rings (SSSR count). The van der Waals surface area contributed by atoms with Gasteiger partial charge in [0, 0.05) is 6.20 Å². The number of pyridine rings is 1. The average Bonchev–Trinajstić information content (AvgIpc) is 3.39. The normalized spacial score (nSPS) is 17.0. The fourth-order valence-corrected chi connectivity index (χ4v) is 3.83. The Morgan fingerprint density at radius 1 is 1.26 bits per heavy atom. The van der Waals surface area contributed by atoms with E-state index in [1.54, 1.807) is 54.9 Å². The van der Waals surface area contributed by atoms with Gasteiger partial charge in [-0.3, -0.25) is 14.6 Å². The van der Waals surface area contributed by atoms with Crippen LogP contribution in [0.25, 0.3) is 0 Å². The Labute approximate surface area is 159 Å². The third-order valence-corrected chi connectivity index (χ3v) is 5.25. The number of furan rings is 1. The van der Waals surface area contributed by atoms with Crippen molar-refractivity contribution in [3.05, 3.63) is 87.5 Å². The molecule has 7 heteroatoms. The largest absolute Gasteiger partial charge is 0.503 e. The second-order valence-corrected chi connectivity index (χ2v) is 7.12. The van der Waals surface area contributed by atoms with Crippen molar-refractivity contribution in [3.8, 4) is 0 Å². The van der Waals surface area contributed by atoms with Crippen LogP contribution in [0, 0.1) is 6.92 Å². The maximum absolute atomic E-state index is 13.0. The van der Waals surface area contributed by atoms with Crippen LogP contribution >= 0.6 is 11.3 Å². The molecule has 136 valence electrons. The lowest BCUT2D eigenvalue weighted by Crippen LogP contribution is -2.30. The van der Waals surface area contributed by atoms with Crippen LogP contribution in [0.1, 0.15) is 32.9 Å². The highest BCUT2D eigenvalue weighted by Gasteiger charge is 2.45. The van der Waals surface area contributed by atoms with Gasteiger partial charge in [-0.15, -0.1) is 11.3 Å². The number of amides is 1. The van der Waals surface area contributed by atoms with E-state index in [-0.39, 0.29) is 17.9 Å². The van der Waals surface area contributed by atoms with Crippen molar-refractivity contribution in [1.29, 1.82) is 0 Å². The van der Waals surface area contributed by atoms with E-state index in [0.29, 0.717) is 22.1 Å². The number of aliphatic hydroxyl groups is 1. The standard InChI is InChI=1S/C20H16N2O4S/c1-12-7-8-14(26-12)17-16(18(23)15-6-4-10-27-15)19(24)20(25)22(17)11-13-5-2-3-9-21-13/h2-10,17,24H,11H2,1H3. The zero-order chi connectivity index (χ0) is 19.0. The minimum absolute atomic E-state index is 0.0349. The van der Waals surface area contributed by atoms with Gasteiger partial charge in [0.05, 0.1) is 22.7 Å². The zero-order valence-corrected chi connectivity index (χ0v) is 15.3. The third-order valence-electron chi connectivity index (χ3n) is 4.38. The fraction of sp³-hybridized carbons (Fsp3) is 0.150. The molecular weight excluding hydrogens is 364 g/mol. The first-order valence-corrected chi connectivity index (χ1v) is 9.23. The van der Waals surface area contributed by atoms with Crippen LogP contribution in [0.2, 0.25) is 0 Å². The molecule has 1 aliphatic heterocycles. The van der Waals surface area contributed by atoms with Crippen LogP contribution < -0.4 is 0 Å². The fourth-order valence-electron chi connectivity index (χ4n) is 3.15. The lowest BCUT2D eigenvalue weighted by Gasteiger charge is -2.24. The van der Waals surface area contributed by atoms with Crippen molar-refractivity contribution >= 4 is 23.0 Å². The second kappa shape index (κ2) is 6.85. The lowest BCUT2D eigenvalue weighted by molar-refractivity contribution is -0.130. The Morgan fingerprint density at radius 3 is 2.74 bits per heavy atom. The molecule has 1 unspecified atom stereocenters. The van der Waals surface area contributed by atoms with Crippen molar-refractivity contribution < 1.29 is 19.1 Å². The summed E-state index contributed by atoms with van der Waals surface area (Å²) in [5, 5.41) is 12.3. The molecule has 1 aliphatic rings. The number of aliphatic hydroxyl groups excluding tert-OH is 1. The summed E-state index contributed by atoms with van der Waals surface area (Å²) in [6.45, 7) is 1.93. The molecule has 0 aromatic carbocycles. The monoisotopic (exact) mass is 380 g/mol. The number of aromatic nitrogens is 1. The summed E-state index contributed by atoms with van der Waals surface area (Å²) in [4.78, 5) is 31.9. The summed E-state index contributed by atoms with van der Waals surface area (Å²) in [5.74, 6) is -0.438. The number of carbonyl (C=O) groups excluding carboxylic acids is 2. The number of hydrogen-bond acceptors (Lipinski definition) is 6. The highest BCUT2D eigenvalue weighted by Crippen LogP contribution is 2.40. The Hall–Kier alpha value is -3.19. The smallest absolute Gasteiger partial charge is 0.290 e. The van der Waals surface area contributed by atoms with E-state index < -0.39 is 17.7 Å². The summed E-state index contributed by atoms with van der Waals surface area (Å²) in [6.07, 6.45) is 1.63. The van der Waals surface area contributed by atoms with Crippen molar-refractivity contribution in [2.75, 3.05) is 0 Å². The number of aryl methyl sites for hydroxylation is 1. The molecule has 0 saturated heterocycles. The molecule has 0 spiro atoms. The van der Waals surface area contributed by atoms with E-state index in [9.17, 15) is 14.7 Å². The second-order valence-electron chi connectivity index (χ2n) is 6.17. The summed E-state index contributed by atoms with van der Waals surface area (Å²) >= 11 is 1.26. The van der Waals surface area contributed by atoms with Gasteiger partial charge in [-0.2, -0.15) is 0 Å². The van der Waals surface area contributed by atoms with Crippen LogP contribution in [-0.4, -0.2) is 26.7 Å². The molecule has 1 N–H and O–H groups in total. The van der Waals surface area contributed by atoms with E-state index in [2.05, 4.69) is 4.98 Å². The predicted octanol–water partition coefficient (Wildman–Crippen LogP) is 3.82. The maximum atomic E-state index is 13.0. The topological polar surface area (TPSA) is 83.6 Å². The van der Waals surface area contributed by atoms with E-state index in [1.165, 1.54) is 16.2 Å². The lowest BCUT2D eigenvalue weighted by atomic mass is 10.00. The van der Waals surface area contributed by atoms with Gasteiger partial charge in [0.15, 0.2) is 5.76 Å². The van der Waals surface area contributed by atoms with Gasteiger partial charge in [0.1, 0.15) is 17.6 Å². The molecule has 0 aliphatic carbocycles. The molecule has 27 heavy (non-hydrogen) atoms. The zero-order valence-electron chi connectivity index (χ0n) is 14.5. The van der Waals surface area contributed by atoms with Gasteiger partial charge in [0.25, 0.3) is 5.91 Å². The Morgan fingerprint density at radius 2 is 2.11 bits per heavy atom. The molecule has 0 fully saturated rings. The molecule has 3 aromatic heterocycles. The number of ketones is 1. The Kier molecular flexibility index (Phi) is 4.37. The quantitative estimate of drug-likeness (QED) is 0.680. The minimum Gasteiger partial charge on any atom is -0.503 e. The molecule has 3 aromatic rings. The first-order chi connectivity index (χ1) is 13.1. The number of rotatable bonds is 5. The highest BCUT2D eigenvalue weighted by atomic mass is 32.1. The number of hydrogen-bond donors (Lipinski definition) is 1. The van der Waals surface area contributed by atoms with Gasteiger partial charge in [-0.1, -0.05) is 12.1 Å². The van der Waals surface area contributed by atoms with E-state index in [4.69, 9.17) is 4.42 Å². The Balaban J connectivity index is 1.78. The molecule has 4 heterocycles. The number of nitrogens with zero attached hydrogens (tertiary/aromatic N) is 2. The van der Waals surface area contributed by atoms with Crippen molar-refractivity contribution in [2.45, 2.75) is 19.5 Å². The summed E-state index contributed by atoms with van der Waals surface area (Å²) in [6, 6.07) is 11.5. The van der Waals surface area contributed by atoms with E-state index in [0.717, 1.165) is 0 Å². The summed E-state index contributed by atoms with van der Waals surface area (Å²) in [5.41, 5.74) is 0.685. The predicted molar refractivity (Wildman–Crippen MR) is 99.3 cm³/mol. The molecular formula is C20H16N2O4S. The first kappa shape index (κ1) is 17.2. The Bertz CT molecular complexity index is 1020. The third kappa shape index (κ3) is 3.06. The van der Waals surface area contributed by atoms with Crippen LogP contribution in [0.15, 0.2) is 69.8 Å². The van der Waals surface area contributed by atoms with Crippen molar-refractivity contribution in [3.63, 3.8) is 0 Å². The average molecular weight is 380 g/mol. The molecule has 0 radical (unpaired) electrons. The van der Waals surface area contributed by atoms with E-state index in [1.807, 2.05) is 6.07 Å². The van der Waals surface area contributed by atoms with Gasteiger partial charge >= 0.3 is 0 Å². The molecule has 0 saturated carbocycles. The molecule has 1 amide bonds. The number of Topliss-reactive ketones (excluding diaryl/α,β-unsaturated/α-hetero) is 1.